The Balaban J connectivity index is 1.78. The Kier molecular flexibility index (Phi) is 6.06. The molecule has 1 fully saturated rings. The summed E-state index contributed by atoms with van der Waals surface area (Å²) < 4.78 is 27.6. The molecule has 3 aromatic rings. The van der Waals surface area contributed by atoms with Crippen molar-refractivity contribution >= 4 is 29.1 Å². The first-order valence-corrected chi connectivity index (χ1v) is 10.3. The molecule has 1 aliphatic rings. The number of likely N-dealkylation sites (tertiary alicyclic amines) is 1. The molecule has 1 amide bonds. The van der Waals surface area contributed by atoms with Crippen LogP contribution >= 0.6 is 11.6 Å². The van der Waals surface area contributed by atoms with Crippen LogP contribution < -0.4 is 0 Å². The van der Waals surface area contributed by atoms with E-state index in [4.69, 9.17) is 11.6 Å². The smallest absolute Gasteiger partial charge is 0.295 e. The second-order valence-electron chi connectivity index (χ2n) is 7.43. The van der Waals surface area contributed by atoms with Gasteiger partial charge < -0.3 is 10.0 Å². The van der Waals surface area contributed by atoms with Crippen molar-refractivity contribution in [2.75, 3.05) is 6.54 Å². The highest BCUT2D eigenvalue weighted by molar-refractivity contribution is 6.46. The monoisotopic (exact) mass is 453 g/mol. The number of carbonyl (C=O) groups excluding carboxylic acids is 2. The fraction of sp³-hybridized carbons (Fsp3) is 0.120. The van der Waals surface area contributed by atoms with Crippen molar-refractivity contribution in [3.05, 3.63) is 112 Å². The van der Waals surface area contributed by atoms with Gasteiger partial charge in [0, 0.05) is 17.1 Å². The first-order valence-electron chi connectivity index (χ1n) is 9.89. The average Bonchev–Trinajstić information content (AvgIpc) is 3.02. The van der Waals surface area contributed by atoms with Crippen LogP contribution in [0.4, 0.5) is 8.78 Å². The summed E-state index contributed by atoms with van der Waals surface area (Å²) in [5, 5.41) is 11.4. The van der Waals surface area contributed by atoms with Gasteiger partial charge in [0.25, 0.3) is 11.7 Å². The van der Waals surface area contributed by atoms with Gasteiger partial charge >= 0.3 is 0 Å². The summed E-state index contributed by atoms with van der Waals surface area (Å²) in [4.78, 5) is 27.1. The predicted octanol–water partition coefficient (Wildman–Crippen LogP) is 5.28. The molecule has 1 unspecified atom stereocenters. The molecule has 1 atom stereocenters. The number of aliphatic hydroxyl groups excluding tert-OH is 1. The minimum atomic E-state index is -0.991. The van der Waals surface area contributed by atoms with E-state index < -0.39 is 29.4 Å². The third-order valence-electron chi connectivity index (χ3n) is 5.35. The number of amides is 1. The molecule has 1 saturated heterocycles. The largest absolute Gasteiger partial charge is 0.507 e. The molecule has 7 heteroatoms. The van der Waals surface area contributed by atoms with Crippen molar-refractivity contribution in [3.63, 3.8) is 0 Å². The number of Topliss-reactive ketones (excluding diaryl/α,β-unsaturated/α-hetero) is 1. The number of nitrogens with zero attached hydrogens (tertiary/aromatic N) is 1. The van der Waals surface area contributed by atoms with Crippen LogP contribution in [0.2, 0.25) is 5.02 Å². The number of aliphatic hydroxyl groups is 1. The van der Waals surface area contributed by atoms with Crippen LogP contribution in [-0.2, 0) is 16.0 Å². The zero-order chi connectivity index (χ0) is 22.8. The van der Waals surface area contributed by atoms with Crippen molar-refractivity contribution in [1.82, 2.24) is 4.90 Å². The summed E-state index contributed by atoms with van der Waals surface area (Å²) in [6.07, 6.45) is 0.275. The molecular weight excluding hydrogens is 436 g/mol. The lowest BCUT2D eigenvalue weighted by Crippen LogP contribution is -2.31. The average molecular weight is 454 g/mol. The number of ketones is 1. The molecule has 4 rings (SSSR count). The molecule has 3 aromatic carbocycles. The Labute approximate surface area is 188 Å². The Morgan fingerprint density at radius 3 is 2.25 bits per heavy atom. The van der Waals surface area contributed by atoms with Gasteiger partial charge in [-0.05, 0) is 66.1 Å². The lowest BCUT2D eigenvalue weighted by molar-refractivity contribution is -0.139. The zero-order valence-electron chi connectivity index (χ0n) is 16.8. The quantitative estimate of drug-likeness (QED) is 0.325. The lowest BCUT2D eigenvalue weighted by Gasteiger charge is -2.25. The fourth-order valence-electron chi connectivity index (χ4n) is 3.84. The molecule has 4 nitrogen and oxygen atoms in total. The van der Waals surface area contributed by atoms with Crippen LogP contribution in [0.1, 0.15) is 22.7 Å². The minimum Gasteiger partial charge on any atom is -0.507 e. The van der Waals surface area contributed by atoms with Crippen molar-refractivity contribution < 1.29 is 23.5 Å². The highest BCUT2D eigenvalue weighted by Crippen LogP contribution is 2.39. The van der Waals surface area contributed by atoms with E-state index in [1.54, 1.807) is 30.3 Å². The molecule has 0 aromatic heterocycles. The van der Waals surface area contributed by atoms with Crippen molar-refractivity contribution in [2.45, 2.75) is 12.5 Å². The molecule has 162 valence electrons. The van der Waals surface area contributed by atoms with Crippen LogP contribution in [0.3, 0.4) is 0 Å². The highest BCUT2D eigenvalue weighted by Gasteiger charge is 2.45. The molecule has 0 bridgehead atoms. The van der Waals surface area contributed by atoms with Gasteiger partial charge in [-0.1, -0.05) is 35.9 Å². The molecule has 0 saturated carbocycles. The van der Waals surface area contributed by atoms with E-state index in [9.17, 15) is 23.5 Å². The topological polar surface area (TPSA) is 57.6 Å². The molecular formula is C25H18ClF2NO3. The van der Waals surface area contributed by atoms with Crippen molar-refractivity contribution in [3.8, 4) is 0 Å². The van der Waals surface area contributed by atoms with Gasteiger partial charge in [-0.25, -0.2) is 8.78 Å². The van der Waals surface area contributed by atoms with Crippen LogP contribution in [0, 0.1) is 11.6 Å². The number of halogens is 3. The number of hydrogen-bond donors (Lipinski definition) is 1. The zero-order valence-corrected chi connectivity index (χ0v) is 17.5. The molecule has 32 heavy (non-hydrogen) atoms. The van der Waals surface area contributed by atoms with E-state index >= 15 is 0 Å². The van der Waals surface area contributed by atoms with Crippen molar-refractivity contribution in [1.29, 1.82) is 0 Å². The van der Waals surface area contributed by atoms with E-state index in [0.717, 1.165) is 0 Å². The first kappa shape index (κ1) is 21.7. The van der Waals surface area contributed by atoms with Gasteiger partial charge in [-0.15, -0.1) is 0 Å². The molecule has 0 radical (unpaired) electrons. The SMILES string of the molecule is O=C1C(=O)N(CCc2cccc(F)c2)C(c2cccc(F)c2)/C1=C(\O)c1ccc(Cl)cc1. The second kappa shape index (κ2) is 8.93. The van der Waals surface area contributed by atoms with Gasteiger partial charge in [0.2, 0.25) is 0 Å². The van der Waals surface area contributed by atoms with Crippen LogP contribution in [0.15, 0.2) is 78.4 Å². The van der Waals surface area contributed by atoms with Gasteiger partial charge in [0.15, 0.2) is 0 Å². The molecule has 1 aliphatic heterocycles. The normalized spacial score (nSPS) is 17.7. The van der Waals surface area contributed by atoms with Crippen LogP contribution in [0.5, 0.6) is 0 Å². The van der Waals surface area contributed by atoms with E-state index in [1.807, 2.05) is 0 Å². The third kappa shape index (κ3) is 4.27. The van der Waals surface area contributed by atoms with Crippen LogP contribution in [0.25, 0.3) is 5.76 Å². The lowest BCUT2D eigenvalue weighted by atomic mass is 9.95. The summed E-state index contributed by atoms with van der Waals surface area (Å²) in [7, 11) is 0. The summed E-state index contributed by atoms with van der Waals surface area (Å²) >= 11 is 5.91. The van der Waals surface area contributed by atoms with Crippen molar-refractivity contribution in [2.24, 2.45) is 0 Å². The number of benzene rings is 3. The number of carbonyl (C=O) groups is 2. The summed E-state index contributed by atoms with van der Waals surface area (Å²) in [5.41, 5.74) is 1.16. The summed E-state index contributed by atoms with van der Waals surface area (Å²) in [5.74, 6) is -3.00. The minimum absolute atomic E-state index is 0.0760. The number of rotatable bonds is 5. The number of hydrogen-bond acceptors (Lipinski definition) is 3. The molecule has 1 N–H and O–H groups in total. The van der Waals surface area contributed by atoms with Gasteiger partial charge in [-0.2, -0.15) is 0 Å². The van der Waals surface area contributed by atoms with Gasteiger partial charge in [0.1, 0.15) is 17.4 Å². The van der Waals surface area contributed by atoms with Gasteiger partial charge in [0.05, 0.1) is 11.6 Å². The van der Waals surface area contributed by atoms with Crippen LogP contribution in [-0.4, -0.2) is 28.2 Å². The molecule has 0 aliphatic carbocycles. The Hall–Kier alpha value is -3.51. The van der Waals surface area contributed by atoms with Gasteiger partial charge in [-0.3, -0.25) is 9.59 Å². The maximum absolute atomic E-state index is 14.0. The standard InChI is InChI=1S/C25H18ClF2NO3/c26-18-9-7-16(8-10-18)23(30)21-22(17-4-2-6-20(28)14-17)29(25(32)24(21)31)12-11-15-3-1-5-19(27)13-15/h1-10,13-14,22,30H,11-12H2/b23-21+. The van der Waals surface area contributed by atoms with E-state index in [0.29, 0.717) is 21.7 Å². The first-order chi connectivity index (χ1) is 15.3. The third-order valence-corrected chi connectivity index (χ3v) is 5.60. The summed E-state index contributed by atoms with van der Waals surface area (Å²) in [6, 6.07) is 16.6. The Morgan fingerprint density at radius 2 is 1.59 bits per heavy atom. The molecule has 0 spiro atoms. The Bertz CT molecular complexity index is 1220. The van der Waals surface area contributed by atoms with E-state index in [2.05, 4.69) is 0 Å². The maximum atomic E-state index is 14.0. The molecule has 1 heterocycles. The van der Waals surface area contributed by atoms with E-state index in [1.165, 1.54) is 47.4 Å². The predicted molar refractivity (Wildman–Crippen MR) is 117 cm³/mol. The highest BCUT2D eigenvalue weighted by atomic mass is 35.5. The second-order valence-corrected chi connectivity index (χ2v) is 7.87. The van der Waals surface area contributed by atoms with E-state index in [-0.39, 0.29) is 24.3 Å². The Morgan fingerprint density at radius 1 is 0.938 bits per heavy atom. The fourth-order valence-corrected chi connectivity index (χ4v) is 3.97. The maximum Gasteiger partial charge on any atom is 0.295 e. The summed E-state index contributed by atoms with van der Waals surface area (Å²) in [6.45, 7) is 0.0760.